The van der Waals surface area contributed by atoms with Gasteiger partial charge in [-0.15, -0.1) is 0 Å². The Labute approximate surface area is 122 Å². The molecule has 7 nitrogen and oxygen atoms in total. The van der Waals surface area contributed by atoms with Gasteiger partial charge in [0.25, 0.3) is 5.56 Å². The van der Waals surface area contributed by atoms with Gasteiger partial charge in [-0.05, 0) is 12.8 Å². The van der Waals surface area contributed by atoms with E-state index in [1.165, 1.54) is 24.5 Å². The Morgan fingerprint density at radius 1 is 0.857 bits per heavy atom. The third kappa shape index (κ3) is 2.07. The van der Waals surface area contributed by atoms with Crippen molar-refractivity contribution in [3.8, 4) is 0 Å². The van der Waals surface area contributed by atoms with Gasteiger partial charge in [-0.2, -0.15) is 4.98 Å². The number of nitrogens with zero attached hydrogens (tertiary/aromatic N) is 5. The lowest BCUT2D eigenvalue weighted by Crippen LogP contribution is -2.37. The van der Waals surface area contributed by atoms with Crippen molar-refractivity contribution in [1.29, 1.82) is 0 Å². The number of fused-ring (bicyclic) bond motifs is 1. The van der Waals surface area contributed by atoms with E-state index < -0.39 is 0 Å². The minimum absolute atomic E-state index is 0.288. The van der Waals surface area contributed by atoms with Gasteiger partial charge in [-0.3, -0.25) is 13.9 Å². The SMILES string of the molecule is Cn1c(=O)c2c(nc(N3CCCCCC3)n2C)n(C)c1=O. The molecule has 7 heteroatoms. The number of imidazole rings is 1. The van der Waals surface area contributed by atoms with E-state index in [0.717, 1.165) is 36.4 Å². The van der Waals surface area contributed by atoms with Crippen LogP contribution in [0.2, 0.25) is 0 Å². The van der Waals surface area contributed by atoms with Gasteiger partial charge in [0.15, 0.2) is 11.2 Å². The minimum atomic E-state index is -0.340. The molecule has 0 amide bonds. The summed E-state index contributed by atoms with van der Waals surface area (Å²) in [5, 5.41) is 0. The fourth-order valence-electron chi connectivity index (χ4n) is 3.06. The Hall–Kier alpha value is -2.05. The van der Waals surface area contributed by atoms with Gasteiger partial charge in [0.2, 0.25) is 5.95 Å². The van der Waals surface area contributed by atoms with Crippen LogP contribution in [-0.4, -0.2) is 31.8 Å². The number of rotatable bonds is 1. The molecular formula is C14H21N5O2. The molecule has 114 valence electrons. The van der Waals surface area contributed by atoms with E-state index in [9.17, 15) is 9.59 Å². The highest BCUT2D eigenvalue weighted by Gasteiger charge is 2.21. The van der Waals surface area contributed by atoms with Crippen LogP contribution in [0.3, 0.4) is 0 Å². The standard InChI is InChI=1S/C14H21N5O2/c1-16-10-11(17(2)14(21)18(3)12(10)20)15-13(16)19-8-6-4-5-7-9-19/h4-9H2,1-3H3. The Morgan fingerprint density at radius 3 is 2.10 bits per heavy atom. The van der Waals surface area contributed by atoms with E-state index >= 15 is 0 Å². The Bertz CT molecular complexity index is 790. The first-order valence-electron chi connectivity index (χ1n) is 7.39. The largest absolute Gasteiger partial charge is 0.342 e. The maximum atomic E-state index is 12.4. The second-order valence-corrected chi connectivity index (χ2v) is 5.75. The summed E-state index contributed by atoms with van der Waals surface area (Å²) < 4.78 is 4.40. The summed E-state index contributed by atoms with van der Waals surface area (Å²) in [6.45, 7) is 1.90. The zero-order valence-electron chi connectivity index (χ0n) is 12.8. The van der Waals surface area contributed by atoms with Gasteiger partial charge >= 0.3 is 5.69 Å². The van der Waals surface area contributed by atoms with Crippen LogP contribution < -0.4 is 16.1 Å². The van der Waals surface area contributed by atoms with Crippen LogP contribution in [0.1, 0.15) is 25.7 Å². The summed E-state index contributed by atoms with van der Waals surface area (Å²) >= 11 is 0. The highest BCUT2D eigenvalue weighted by molar-refractivity contribution is 5.74. The quantitative estimate of drug-likeness (QED) is 0.760. The average Bonchev–Trinajstić information content (AvgIpc) is 2.68. The van der Waals surface area contributed by atoms with Crippen molar-refractivity contribution >= 4 is 17.1 Å². The van der Waals surface area contributed by atoms with Crippen molar-refractivity contribution < 1.29 is 0 Å². The van der Waals surface area contributed by atoms with Crippen LogP contribution >= 0.6 is 0 Å². The highest BCUT2D eigenvalue weighted by Crippen LogP contribution is 2.21. The molecule has 0 aromatic carbocycles. The number of aromatic nitrogens is 4. The van der Waals surface area contributed by atoms with Crippen molar-refractivity contribution in [2.75, 3.05) is 18.0 Å². The highest BCUT2D eigenvalue weighted by atomic mass is 16.2. The molecule has 1 aliphatic rings. The first-order chi connectivity index (χ1) is 10.0. The first-order valence-corrected chi connectivity index (χ1v) is 7.39. The molecule has 3 rings (SSSR count). The second-order valence-electron chi connectivity index (χ2n) is 5.75. The summed E-state index contributed by atoms with van der Waals surface area (Å²) in [6, 6.07) is 0. The molecule has 2 aromatic heterocycles. The summed E-state index contributed by atoms with van der Waals surface area (Å²) in [7, 11) is 5.01. The van der Waals surface area contributed by atoms with Gasteiger partial charge in [-0.25, -0.2) is 4.79 Å². The molecule has 0 bridgehead atoms. The lowest BCUT2D eigenvalue weighted by molar-refractivity contribution is 0.705. The minimum Gasteiger partial charge on any atom is -0.342 e. The summed E-state index contributed by atoms with van der Waals surface area (Å²) in [6.07, 6.45) is 4.75. The average molecular weight is 291 g/mol. The molecule has 0 unspecified atom stereocenters. The molecular weight excluding hydrogens is 270 g/mol. The predicted molar refractivity (Wildman–Crippen MR) is 81.9 cm³/mol. The van der Waals surface area contributed by atoms with Crippen LogP contribution in [0, 0.1) is 0 Å². The molecule has 3 heterocycles. The normalized spacial score (nSPS) is 16.4. The van der Waals surface area contributed by atoms with Crippen molar-refractivity contribution in [2.24, 2.45) is 21.1 Å². The molecule has 0 aliphatic carbocycles. The monoisotopic (exact) mass is 291 g/mol. The van der Waals surface area contributed by atoms with Crippen molar-refractivity contribution in [1.82, 2.24) is 18.7 Å². The van der Waals surface area contributed by atoms with Crippen LogP contribution in [0.15, 0.2) is 9.59 Å². The van der Waals surface area contributed by atoms with Crippen molar-refractivity contribution in [2.45, 2.75) is 25.7 Å². The summed E-state index contributed by atoms with van der Waals surface area (Å²) in [5.41, 5.74) is 0.320. The van der Waals surface area contributed by atoms with Crippen LogP contribution in [0.4, 0.5) is 5.95 Å². The molecule has 1 saturated heterocycles. The molecule has 0 spiro atoms. The number of hydrogen-bond donors (Lipinski definition) is 0. The number of aryl methyl sites for hydroxylation is 2. The third-order valence-electron chi connectivity index (χ3n) is 4.34. The Kier molecular flexibility index (Phi) is 3.35. The van der Waals surface area contributed by atoms with Crippen LogP contribution in [0.25, 0.3) is 11.2 Å². The molecule has 21 heavy (non-hydrogen) atoms. The van der Waals surface area contributed by atoms with Crippen LogP contribution in [-0.2, 0) is 21.1 Å². The van der Waals surface area contributed by atoms with E-state index in [4.69, 9.17) is 0 Å². The van der Waals surface area contributed by atoms with E-state index in [-0.39, 0.29) is 11.2 Å². The maximum Gasteiger partial charge on any atom is 0.332 e. The van der Waals surface area contributed by atoms with Crippen molar-refractivity contribution in [3.05, 3.63) is 20.8 Å². The van der Waals surface area contributed by atoms with E-state index in [1.807, 2.05) is 11.6 Å². The predicted octanol–water partition coefficient (Wildman–Crippen LogP) is 0.351. The molecule has 1 fully saturated rings. The van der Waals surface area contributed by atoms with E-state index in [0.29, 0.717) is 11.2 Å². The summed E-state index contributed by atoms with van der Waals surface area (Å²) in [5.74, 6) is 0.783. The molecule has 2 aromatic rings. The molecule has 0 atom stereocenters. The first kappa shape index (κ1) is 13.9. The molecule has 0 N–H and O–H groups in total. The number of hydrogen-bond acceptors (Lipinski definition) is 4. The fourth-order valence-corrected chi connectivity index (χ4v) is 3.06. The van der Waals surface area contributed by atoms with Gasteiger partial charge in [0.1, 0.15) is 0 Å². The zero-order valence-corrected chi connectivity index (χ0v) is 12.8. The second kappa shape index (κ2) is 5.05. The van der Waals surface area contributed by atoms with E-state index in [1.54, 1.807) is 7.05 Å². The maximum absolute atomic E-state index is 12.4. The Morgan fingerprint density at radius 2 is 1.48 bits per heavy atom. The lowest BCUT2D eigenvalue weighted by Gasteiger charge is -2.20. The van der Waals surface area contributed by atoms with E-state index in [2.05, 4.69) is 9.88 Å². The number of anilines is 1. The lowest BCUT2D eigenvalue weighted by atomic mass is 10.2. The van der Waals surface area contributed by atoms with Gasteiger partial charge < -0.3 is 9.47 Å². The fraction of sp³-hybridized carbons (Fsp3) is 0.643. The zero-order chi connectivity index (χ0) is 15.1. The molecule has 0 saturated carbocycles. The Balaban J connectivity index is 2.24. The van der Waals surface area contributed by atoms with Crippen molar-refractivity contribution in [3.63, 3.8) is 0 Å². The van der Waals surface area contributed by atoms with Gasteiger partial charge in [0, 0.05) is 34.2 Å². The van der Waals surface area contributed by atoms with Gasteiger partial charge in [0.05, 0.1) is 0 Å². The van der Waals surface area contributed by atoms with Crippen LogP contribution in [0.5, 0.6) is 0 Å². The summed E-state index contributed by atoms with van der Waals surface area (Å²) in [4.78, 5) is 31.2. The molecule has 0 radical (unpaired) electrons. The topological polar surface area (TPSA) is 65.1 Å². The molecule has 1 aliphatic heterocycles. The smallest absolute Gasteiger partial charge is 0.332 e. The van der Waals surface area contributed by atoms with Gasteiger partial charge in [-0.1, -0.05) is 12.8 Å². The third-order valence-corrected chi connectivity index (χ3v) is 4.34.